The molecule has 1 saturated heterocycles. The molecule has 7 nitrogen and oxygen atoms in total. The zero-order chi connectivity index (χ0) is 17.6. The van der Waals surface area contributed by atoms with Crippen molar-refractivity contribution in [3.63, 3.8) is 0 Å². The van der Waals surface area contributed by atoms with Crippen LogP contribution in [0.3, 0.4) is 0 Å². The van der Waals surface area contributed by atoms with E-state index in [0.29, 0.717) is 18.7 Å². The smallest absolute Gasteiger partial charge is 0.353 e. The number of hydrogen-bond donors (Lipinski definition) is 0. The fourth-order valence-corrected chi connectivity index (χ4v) is 2.85. The molecule has 3 aromatic heterocycles. The normalized spacial score (nSPS) is 15.4. The number of likely N-dealkylation sites (N-methyl/N-ethyl adjacent to an activating group) is 1. The second-order valence-corrected chi connectivity index (χ2v) is 5.87. The maximum atomic E-state index is 13.2. The van der Waals surface area contributed by atoms with E-state index in [1.807, 2.05) is 11.0 Å². The average Bonchev–Trinajstić information content (AvgIpc) is 3.00. The summed E-state index contributed by atoms with van der Waals surface area (Å²) in [4.78, 5) is 7.49. The quantitative estimate of drug-likeness (QED) is 0.719. The number of rotatable bonds is 3. The monoisotopic (exact) mass is 349 g/mol. The van der Waals surface area contributed by atoms with Gasteiger partial charge in [-0.25, -0.2) is 4.98 Å². The summed E-state index contributed by atoms with van der Waals surface area (Å²) in [6.45, 7) is 1.12. The summed E-state index contributed by atoms with van der Waals surface area (Å²) in [5.74, 6) is 0.677. The van der Waals surface area contributed by atoms with Gasteiger partial charge < -0.3 is 9.80 Å². The van der Waals surface area contributed by atoms with E-state index in [0.717, 1.165) is 11.9 Å². The second-order valence-electron chi connectivity index (χ2n) is 5.87. The Bertz CT molecular complexity index is 901. The number of alkyl halides is 3. The Morgan fingerprint density at radius 2 is 2.00 bits per heavy atom. The van der Waals surface area contributed by atoms with E-state index in [4.69, 9.17) is 0 Å². The molecule has 0 N–H and O–H groups in total. The predicted octanol–water partition coefficient (Wildman–Crippen LogP) is 1.86. The first-order valence-corrected chi connectivity index (χ1v) is 7.60. The van der Waals surface area contributed by atoms with Gasteiger partial charge in [0.05, 0.1) is 11.6 Å². The Kier molecular flexibility index (Phi) is 3.48. The van der Waals surface area contributed by atoms with Crippen molar-refractivity contribution in [2.24, 2.45) is 0 Å². The summed E-state index contributed by atoms with van der Waals surface area (Å²) < 4.78 is 41.0. The van der Waals surface area contributed by atoms with Crippen molar-refractivity contribution < 1.29 is 13.2 Å². The highest BCUT2D eigenvalue weighted by Gasteiger charge is 2.38. The number of halogens is 3. The molecule has 130 valence electrons. The molecular formula is C15H14F3N7. The lowest BCUT2D eigenvalue weighted by Gasteiger charge is -2.45. The lowest BCUT2D eigenvalue weighted by molar-refractivity contribution is -0.137. The Labute approximate surface area is 140 Å². The lowest BCUT2D eigenvalue weighted by Crippen LogP contribution is -2.59. The fourth-order valence-electron chi connectivity index (χ4n) is 2.85. The van der Waals surface area contributed by atoms with Crippen LogP contribution in [0.4, 0.5) is 24.8 Å². The van der Waals surface area contributed by atoms with E-state index in [1.54, 1.807) is 22.5 Å². The molecule has 1 aliphatic heterocycles. The van der Waals surface area contributed by atoms with Crippen LogP contribution < -0.4 is 9.80 Å². The van der Waals surface area contributed by atoms with Gasteiger partial charge in [0, 0.05) is 26.3 Å². The molecule has 10 heteroatoms. The zero-order valence-corrected chi connectivity index (χ0v) is 13.2. The second kappa shape index (κ2) is 5.57. The Morgan fingerprint density at radius 3 is 2.76 bits per heavy atom. The van der Waals surface area contributed by atoms with Crippen LogP contribution in [0.25, 0.3) is 5.65 Å². The van der Waals surface area contributed by atoms with Crippen molar-refractivity contribution >= 4 is 17.3 Å². The van der Waals surface area contributed by atoms with Gasteiger partial charge in [0.25, 0.3) is 0 Å². The molecule has 4 heterocycles. The molecule has 0 amide bonds. The number of aromatic nitrogens is 5. The molecule has 3 aromatic rings. The summed E-state index contributed by atoms with van der Waals surface area (Å²) in [5.41, 5.74) is -0.0822. The van der Waals surface area contributed by atoms with Crippen LogP contribution in [0, 0.1) is 0 Å². The van der Waals surface area contributed by atoms with Crippen LogP contribution in [-0.2, 0) is 6.18 Å². The van der Waals surface area contributed by atoms with Crippen molar-refractivity contribution in [2.75, 3.05) is 29.9 Å². The molecule has 1 aliphatic rings. The van der Waals surface area contributed by atoms with Crippen molar-refractivity contribution in [2.45, 2.75) is 12.2 Å². The van der Waals surface area contributed by atoms with E-state index in [1.165, 1.54) is 18.6 Å². The number of hydrogen-bond acceptors (Lipinski definition) is 6. The molecule has 0 saturated carbocycles. The third-order valence-electron chi connectivity index (χ3n) is 4.31. The highest BCUT2D eigenvalue weighted by molar-refractivity contribution is 5.53. The first-order valence-electron chi connectivity index (χ1n) is 7.60. The summed E-state index contributed by atoms with van der Waals surface area (Å²) in [6.07, 6.45) is -1.55. The molecule has 0 unspecified atom stereocenters. The van der Waals surface area contributed by atoms with Crippen LogP contribution in [0.2, 0.25) is 0 Å². The zero-order valence-electron chi connectivity index (χ0n) is 13.2. The molecule has 0 radical (unpaired) electrons. The molecule has 1 fully saturated rings. The highest BCUT2D eigenvalue weighted by atomic mass is 19.4. The summed E-state index contributed by atoms with van der Waals surface area (Å²) in [6, 6.07) is 5.89. The van der Waals surface area contributed by atoms with Gasteiger partial charge in [0.1, 0.15) is 18.0 Å². The molecule has 0 aromatic carbocycles. The Hall–Kier alpha value is -2.91. The van der Waals surface area contributed by atoms with Gasteiger partial charge in [0.15, 0.2) is 5.65 Å². The summed E-state index contributed by atoms with van der Waals surface area (Å²) in [7, 11) is 1.63. The minimum absolute atomic E-state index is 0.0538. The van der Waals surface area contributed by atoms with Gasteiger partial charge in [-0.3, -0.25) is 0 Å². The van der Waals surface area contributed by atoms with Gasteiger partial charge >= 0.3 is 6.18 Å². The number of anilines is 2. The van der Waals surface area contributed by atoms with E-state index in [2.05, 4.69) is 20.3 Å². The van der Waals surface area contributed by atoms with Crippen molar-refractivity contribution in [1.29, 1.82) is 0 Å². The highest BCUT2D eigenvalue weighted by Crippen LogP contribution is 2.36. The van der Waals surface area contributed by atoms with Gasteiger partial charge in [-0.15, -0.1) is 15.3 Å². The molecule has 0 bridgehead atoms. The molecule has 4 rings (SSSR count). The van der Waals surface area contributed by atoms with Crippen LogP contribution in [0.5, 0.6) is 0 Å². The van der Waals surface area contributed by atoms with Gasteiger partial charge in [-0.05, 0) is 24.3 Å². The molecule has 0 spiro atoms. The fraction of sp³-hybridized carbons (Fsp3) is 0.333. The SMILES string of the molecule is CN(c1ncccc1C(F)(F)F)C1CN(c2ccc3nncn3n2)C1. The Balaban J connectivity index is 1.50. The van der Waals surface area contributed by atoms with E-state index >= 15 is 0 Å². The lowest BCUT2D eigenvalue weighted by atomic mass is 10.1. The molecular weight excluding hydrogens is 335 g/mol. The third-order valence-corrected chi connectivity index (χ3v) is 4.31. The largest absolute Gasteiger partial charge is 0.419 e. The number of pyridine rings is 1. The Morgan fingerprint density at radius 1 is 1.20 bits per heavy atom. The van der Waals surface area contributed by atoms with Crippen LogP contribution in [0.1, 0.15) is 5.56 Å². The van der Waals surface area contributed by atoms with Crippen LogP contribution in [-0.4, -0.2) is 51.0 Å². The average molecular weight is 349 g/mol. The van der Waals surface area contributed by atoms with Crippen LogP contribution >= 0.6 is 0 Å². The third kappa shape index (κ3) is 2.73. The first-order chi connectivity index (χ1) is 11.9. The van der Waals surface area contributed by atoms with Gasteiger partial charge in [0.2, 0.25) is 0 Å². The van der Waals surface area contributed by atoms with E-state index in [-0.39, 0.29) is 11.9 Å². The maximum absolute atomic E-state index is 13.2. The van der Waals surface area contributed by atoms with E-state index in [9.17, 15) is 13.2 Å². The maximum Gasteiger partial charge on any atom is 0.419 e. The van der Waals surface area contributed by atoms with Crippen molar-refractivity contribution in [3.8, 4) is 0 Å². The minimum atomic E-state index is -4.43. The van der Waals surface area contributed by atoms with E-state index < -0.39 is 11.7 Å². The van der Waals surface area contributed by atoms with Crippen molar-refractivity contribution in [1.82, 2.24) is 24.8 Å². The summed E-state index contributed by atoms with van der Waals surface area (Å²) in [5, 5.41) is 12.0. The van der Waals surface area contributed by atoms with Gasteiger partial charge in [-0.2, -0.15) is 17.7 Å². The molecule has 0 aliphatic carbocycles. The first kappa shape index (κ1) is 15.6. The number of nitrogens with zero attached hydrogens (tertiary/aromatic N) is 7. The number of fused-ring (bicyclic) bond motifs is 1. The molecule has 25 heavy (non-hydrogen) atoms. The summed E-state index contributed by atoms with van der Waals surface area (Å²) >= 11 is 0. The van der Waals surface area contributed by atoms with Crippen molar-refractivity contribution in [3.05, 3.63) is 42.4 Å². The minimum Gasteiger partial charge on any atom is -0.353 e. The molecule has 0 atom stereocenters. The standard InChI is InChI=1S/C15H14F3N7/c1-23(14-11(15(16,17)18)3-2-6-19-14)10-7-24(8-10)13-5-4-12-21-20-9-25(12)22-13/h2-6,9-10H,7-8H2,1H3. The van der Waals surface area contributed by atoms with Crippen LogP contribution in [0.15, 0.2) is 36.8 Å². The predicted molar refractivity (Wildman–Crippen MR) is 84.4 cm³/mol. The topological polar surface area (TPSA) is 62.5 Å². The van der Waals surface area contributed by atoms with Gasteiger partial charge in [-0.1, -0.05) is 0 Å².